The molecule has 0 nitrogen and oxygen atoms in total. The van der Waals surface area contributed by atoms with E-state index in [-0.39, 0.29) is 5.41 Å². The fraction of sp³-hybridized carbons (Fsp3) is 0.0545. The van der Waals surface area contributed by atoms with Crippen LogP contribution in [-0.4, -0.2) is 0 Å². The van der Waals surface area contributed by atoms with E-state index in [0.717, 1.165) is 0 Å². The average Bonchev–Trinajstić information content (AvgIpc) is 3.81. The summed E-state index contributed by atoms with van der Waals surface area (Å²) in [4.78, 5) is 0. The minimum absolute atomic E-state index is 0.162. The average molecular weight is 695 g/mol. The normalized spacial score (nSPS) is 13.8. The van der Waals surface area contributed by atoms with E-state index in [1.165, 1.54) is 131 Å². The van der Waals surface area contributed by atoms with E-state index in [1.807, 2.05) is 0 Å². The third kappa shape index (κ3) is 3.63. The van der Waals surface area contributed by atoms with Crippen molar-refractivity contribution in [2.45, 2.75) is 19.3 Å². The van der Waals surface area contributed by atoms with Crippen LogP contribution in [0.15, 0.2) is 170 Å². The van der Waals surface area contributed by atoms with Gasteiger partial charge in [0.1, 0.15) is 0 Å². The standard InChI is InChI=1S/C55H34/c1-55(2)45-28-34-20-10-9-19-33(34)27-42(45)51-38-24-14-26-40-50(38)44(30-46(51)55)54-48(32-17-7-4-8-18-32)52-39-25-13-23-37-35-21-11-12-22-36(35)41(49(37)39)29-43(52)47(53(40)54)31-15-5-3-6-16-31/h3-30H,1-2H3. The number of hydrogen-bond acceptors (Lipinski definition) is 0. The van der Waals surface area contributed by atoms with Crippen molar-refractivity contribution in [3.8, 4) is 33.4 Å². The molecule has 0 aromatic heterocycles. The van der Waals surface area contributed by atoms with Gasteiger partial charge in [-0.1, -0.05) is 159 Å². The molecule has 0 saturated carbocycles. The molecule has 0 N–H and O–H groups in total. The van der Waals surface area contributed by atoms with Gasteiger partial charge in [0.05, 0.1) is 0 Å². The monoisotopic (exact) mass is 694 g/mol. The molecule has 12 aromatic rings. The van der Waals surface area contributed by atoms with Crippen LogP contribution in [-0.2, 0) is 5.41 Å². The van der Waals surface area contributed by atoms with Crippen molar-refractivity contribution in [2.24, 2.45) is 0 Å². The van der Waals surface area contributed by atoms with Crippen LogP contribution in [0.5, 0.6) is 0 Å². The van der Waals surface area contributed by atoms with E-state index in [0.29, 0.717) is 0 Å². The van der Waals surface area contributed by atoms with E-state index in [1.54, 1.807) is 0 Å². The zero-order valence-corrected chi connectivity index (χ0v) is 30.7. The smallest absolute Gasteiger partial charge is 0.0159 e. The maximum atomic E-state index is 2.60. The predicted octanol–water partition coefficient (Wildman–Crippen LogP) is 15.4. The summed E-state index contributed by atoms with van der Waals surface area (Å²) < 4.78 is 0. The van der Waals surface area contributed by atoms with Gasteiger partial charge in [-0.15, -0.1) is 0 Å². The van der Waals surface area contributed by atoms with E-state index < -0.39 is 0 Å². The summed E-state index contributed by atoms with van der Waals surface area (Å²) >= 11 is 0. The highest BCUT2D eigenvalue weighted by Crippen LogP contribution is 2.59. The van der Waals surface area contributed by atoms with Gasteiger partial charge >= 0.3 is 0 Å². The SMILES string of the molecule is CC1(C)c2cc3ccccc3cc2-c2c1cc1c3c(-c4ccccc4)c4c(cc5c6ccccc6c6cccc4c65)c(-c4ccccc4)c3c3cccc2c31. The lowest BCUT2D eigenvalue weighted by Crippen LogP contribution is -2.14. The summed E-state index contributed by atoms with van der Waals surface area (Å²) in [6.45, 7) is 4.87. The molecule has 0 spiro atoms. The van der Waals surface area contributed by atoms with Crippen LogP contribution in [0.2, 0.25) is 0 Å². The molecule has 12 aromatic carbocycles. The molecule has 1 aliphatic carbocycles. The molecular weight excluding hydrogens is 661 g/mol. The molecule has 0 heterocycles. The molecule has 0 heteroatoms. The Morgan fingerprint density at radius 2 is 0.818 bits per heavy atom. The molecule has 0 bridgehead atoms. The summed E-state index contributed by atoms with van der Waals surface area (Å²) in [5.41, 5.74) is 10.6. The number of fused-ring (bicyclic) bond motifs is 13. The van der Waals surface area contributed by atoms with Crippen LogP contribution < -0.4 is 0 Å². The van der Waals surface area contributed by atoms with Crippen molar-refractivity contribution in [3.05, 3.63) is 181 Å². The highest BCUT2D eigenvalue weighted by Gasteiger charge is 2.38. The maximum Gasteiger partial charge on any atom is 0.0159 e. The quantitative estimate of drug-likeness (QED) is 0.158. The second-order valence-electron chi connectivity index (χ2n) is 16.3. The van der Waals surface area contributed by atoms with E-state index in [9.17, 15) is 0 Å². The second kappa shape index (κ2) is 10.3. The maximum absolute atomic E-state index is 2.60. The topological polar surface area (TPSA) is 0 Å². The van der Waals surface area contributed by atoms with Crippen LogP contribution in [0.4, 0.5) is 0 Å². The fourth-order valence-electron chi connectivity index (χ4n) is 11.0. The summed E-state index contributed by atoms with van der Waals surface area (Å²) in [5.74, 6) is 0. The van der Waals surface area contributed by atoms with Crippen molar-refractivity contribution in [3.63, 3.8) is 0 Å². The lowest BCUT2D eigenvalue weighted by molar-refractivity contribution is 0.662. The van der Waals surface area contributed by atoms with Crippen molar-refractivity contribution >= 4 is 86.2 Å². The van der Waals surface area contributed by atoms with Crippen LogP contribution >= 0.6 is 0 Å². The van der Waals surface area contributed by atoms with Crippen LogP contribution in [0.1, 0.15) is 25.0 Å². The molecule has 0 amide bonds. The van der Waals surface area contributed by atoms with E-state index in [2.05, 4.69) is 184 Å². The molecular formula is C55H34. The summed E-state index contributed by atoms with van der Waals surface area (Å²) in [5, 5.41) is 21.4. The molecule has 55 heavy (non-hydrogen) atoms. The van der Waals surface area contributed by atoms with Gasteiger partial charge in [0, 0.05) is 5.41 Å². The first-order chi connectivity index (χ1) is 27.1. The number of hydrogen-bond donors (Lipinski definition) is 0. The van der Waals surface area contributed by atoms with Crippen LogP contribution in [0.3, 0.4) is 0 Å². The lowest BCUT2D eigenvalue weighted by atomic mass is 9.80. The van der Waals surface area contributed by atoms with Gasteiger partial charge in [-0.2, -0.15) is 0 Å². The minimum Gasteiger partial charge on any atom is -0.0622 e. The predicted molar refractivity (Wildman–Crippen MR) is 237 cm³/mol. The first-order valence-electron chi connectivity index (χ1n) is 19.5. The Hall–Kier alpha value is -6.76. The molecule has 0 unspecified atom stereocenters. The molecule has 0 radical (unpaired) electrons. The van der Waals surface area contributed by atoms with Crippen LogP contribution in [0.25, 0.3) is 120 Å². The van der Waals surface area contributed by atoms with Gasteiger partial charge in [-0.05, 0) is 155 Å². The van der Waals surface area contributed by atoms with Gasteiger partial charge in [0.15, 0.2) is 0 Å². The van der Waals surface area contributed by atoms with E-state index >= 15 is 0 Å². The van der Waals surface area contributed by atoms with Crippen molar-refractivity contribution in [1.29, 1.82) is 0 Å². The van der Waals surface area contributed by atoms with E-state index in [4.69, 9.17) is 0 Å². The Labute approximate surface area is 318 Å². The fourth-order valence-corrected chi connectivity index (χ4v) is 11.0. The highest BCUT2D eigenvalue weighted by molar-refractivity contribution is 6.45. The Bertz CT molecular complexity index is 3590. The minimum atomic E-state index is -0.162. The molecule has 0 saturated heterocycles. The molecule has 0 atom stereocenters. The van der Waals surface area contributed by atoms with Crippen molar-refractivity contribution < 1.29 is 0 Å². The lowest BCUT2D eigenvalue weighted by Gasteiger charge is -2.22. The van der Waals surface area contributed by atoms with Crippen molar-refractivity contribution in [2.75, 3.05) is 0 Å². The van der Waals surface area contributed by atoms with Gasteiger partial charge in [-0.25, -0.2) is 0 Å². The molecule has 254 valence electrons. The Balaban J connectivity index is 1.33. The molecule has 0 fully saturated rings. The second-order valence-corrected chi connectivity index (χ2v) is 16.3. The largest absolute Gasteiger partial charge is 0.0622 e. The highest BCUT2D eigenvalue weighted by atomic mass is 14.4. The summed E-state index contributed by atoms with van der Waals surface area (Å²) in [6, 6.07) is 64.4. The molecule has 13 rings (SSSR count). The summed E-state index contributed by atoms with van der Waals surface area (Å²) in [6.07, 6.45) is 0. The van der Waals surface area contributed by atoms with Gasteiger partial charge in [0.2, 0.25) is 0 Å². The Morgan fingerprint density at radius 1 is 0.291 bits per heavy atom. The first kappa shape index (κ1) is 29.7. The third-order valence-corrected chi connectivity index (χ3v) is 13.3. The zero-order valence-electron chi connectivity index (χ0n) is 30.7. The Kier molecular flexibility index (Phi) is 5.53. The third-order valence-electron chi connectivity index (χ3n) is 13.3. The van der Waals surface area contributed by atoms with Gasteiger partial charge < -0.3 is 0 Å². The number of rotatable bonds is 2. The van der Waals surface area contributed by atoms with Crippen molar-refractivity contribution in [1.82, 2.24) is 0 Å². The summed E-state index contributed by atoms with van der Waals surface area (Å²) in [7, 11) is 0. The van der Waals surface area contributed by atoms with Crippen LogP contribution in [0, 0.1) is 0 Å². The molecule has 0 aliphatic heterocycles. The molecule has 1 aliphatic rings. The zero-order chi connectivity index (χ0) is 36.2. The Morgan fingerprint density at radius 3 is 1.55 bits per heavy atom. The van der Waals surface area contributed by atoms with Gasteiger partial charge in [-0.3, -0.25) is 0 Å². The van der Waals surface area contributed by atoms with Gasteiger partial charge in [0.25, 0.3) is 0 Å². The first-order valence-corrected chi connectivity index (χ1v) is 19.5. The number of benzene rings is 10.